The quantitative estimate of drug-likeness (QED) is 0.559. The summed E-state index contributed by atoms with van der Waals surface area (Å²) in [7, 11) is 0. The highest BCUT2D eigenvalue weighted by Crippen LogP contribution is 2.69. The van der Waals surface area contributed by atoms with Crippen molar-refractivity contribution in [3.63, 3.8) is 0 Å². The van der Waals surface area contributed by atoms with Crippen molar-refractivity contribution in [1.82, 2.24) is 10.2 Å². The number of benzene rings is 1. The van der Waals surface area contributed by atoms with Gasteiger partial charge < -0.3 is 20.0 Å². The highest BCUT2D eigenvalue weighted by atomic mass is 35.5. The largest absolute Gasteiger partial charge is 0.450 e. The molecular formula is C24H26ClF2N3O2. The number of likely N-dealkylation sites (tertiary alicyclic amines) is 1. The lowest BCUT2D eigenvalue weighted by molar-refractivity contribution is 0.0634. The van der Waals surface area contributed by atoms with Gasteiger partial charge in [0.2, 0.25) is 0 Å². The van der Waals surface area contributed by atoms with E-state index in [1.165, 1.54) is 11.3 Å². The molecule has 3 heterocycles. The Morgan fingerprint density at radius 2 is 2.00 bits per heavy atom. The predicted molar refractivity (Wildman–Crippen MR) is 119 cm³/mol. The average molecular weight is 462 g/mol. The van der Waals surface area contributed by atoms with Crippen LogP contribution in [0.15, 0.2) is 28.9 Å². The summed E-state index contributed by atoms with van der Waals surface area (Å²) in [5.41, 5.74) is 1.01. The molecule has 4 aliphatic rings. The summed E-state index contributed by atoms with van der Waals surface area (Å²) in [6.45, 7) is 6.06. The molecule has 0 unspecified atom stereocenters. The minimum absolute atomic E-state index is 0.0606. The van der Waals surface area contributed by atoms with Crippen molar-refractivity contribution in [1.29, 1.82) is 0 Å². The highest BCUT2D eigenvalue weighted by molar-refractivity contribution is 6.34. The first kappa shape index (κ1) is 20.3. The molecule has 1 spiro atoms. The lowest BCUT2D eigenvalue weighted by Crippen LogP contribution is -2.48. The Labute approximate surface area is 190 Å². The number of furan rings is 1. The Kier molecular flexibility index (Phi) is 4.07. The fraction of sp³-hybridized carbons (Fsp3) is 0.542. The van der Waals surface area contributed by atoms with Gasteiger partial charge in [-0.3, -0.25) is 4.79 Å². The van der Waals surface area contributed by atoms with Gasteiger partial charge in [-0.15, -0.1) is 0 Å². The average Bonchev–Trinajstić information content (AvgIpc) is 3.01. The molecule has 2 aromatic rings. The molecule has 1 aromatic carbocycles. The van der Waals surface area contributed by atoms with Crippen LogP contribution in [-0.4, -0.2) is 29.8 Å². The van der Waals surface area contributed by atoms with Gasteiger partial charge in [0, 0.05) is 29.5 Å². The lowest BCUT2D eigenvalue weighted by atomic mass is 9.74. The lowest BCUT2D eigenvalue weighted by Gasteiger charge is -2.44. The molecule has 2 saturated carbocycles. The summed E-state index contributed by atoms with van der Waals surface area (Å²) in [6.07, 6.45) is 5.45. The second-order valence-corrected chi connectivity index (χ2v) is 10.5. The van der Waals surface area contributed by atoms with Gasteiger partial charge in [-0.2, -0.15) is 0 Å². The molecule has 0 radical (unpaired) electrons. The van der Waals surface area contributed by atoms with E-state index in [2.05, 4.69) is 17.2 Å². The van der Waals surface area contributed by atoms with E-state index in [0.29, 0.717) is 29.4 Å². The number of anilines is 1. The van der Waals surface area contributed by atoms with Crippen molar-refractivity contribution in [2.75, 3.05) is 18.4 Å². The van der Waals surface area contributed by atoms with Crippen LogP contribution in [0.3, 0.4) is 0 Å². The molecule has 3 fully saturated rings. The molecule has 5 nitrogen and oxygen atoms in total. The second kappa shape index (κ2) is 6.40. The first-order chi connectivity index (χ1) is 15.2. The molecule has 2 aliphatic heterocycles. The van der Waals surface area contributed by atoms with E-state index < -0.39 is 17.3 Å². The van der Waals surface area contributed by atoms with Gasteiger partial charge in [-0.05, 0) is 31.4 Å². The number of hydrogen-bond donors (Lipinski definition) is 2. The minimum Gasteiger partial charge on any atom is -0.450 e. The second-order valence-electron chi connectivity index (χ2n) is 10.1. The summed E-state index contributed by atoms with van der Waals surface area (Å²) in [5.74, 6) is -2.94. The van der Waals surface area contributed by atoms with Crippen molar-refractivity contribution in [3.8, 4) is 0 Å². The third kappa shape index (κ3) is 2.57. The minimum atomic E-state index is -2.70. The van der Waals surface area contributed by atoms with Gasteiger partial charge in [0.1, 0.15) is 5.58 Å². The topological polar surface area (TPSA) is 57.5 Å². The number of fused-ring (bicyclic) bond motifs is 5. The number of amides is 1. The van der Waals surface area contributed by atoms with Gasteiger partial charge >= 0.3 is 0 Å². The van der Waals surface area contributed by atoms with E-state index >= 15 is 0 Å². The van der Waals surface area contributed by atoms with Crippen LogP contribution in [0.1, 0.15) is 61.6 Å². The monoisotopic (exact) mass is 461 g/mol. The molecule has 2 atom stereocenters. The van der Waals surface area contributed by atoms with Crippen molar-refractivity contribution >= 4 is 34.2 Å². The van der Waals surface area contributed by atoms with Crippen LogP contribution in [0.2, 0.25) is 5.02 Å². The van der Waals surface area contributed by atoms with Crippen LogP contribution in [0.4, 0.5) is 14.5 Å². The molecule has 1 aromatic heterocycles. The maximum atomic E-state index is 14.2. The zero-order valence-electron chi connectivity index (χ0n) is 18.0. The molecule has 8 heteroatoms. The third-order valence-electron chi connectivity index (χ3n) is 8.30. The Morgan fingerprint density at radius 3 is 2.72 bits per heavy atom. The highest BCUT2D eigenvalue weighted by Gasteiger charge is 2.78. The molecular weight excluding hydrogens is 436 g/mol. The van der Waals surface area contributed by atoms with Crippen molar-refractivity contribution in [2.24, 2.45) is 11.3 Å². The van der Waals surface area contributed by atoms with Crippen LogP contribution in [0.5, 0.6) is 0 Å². The predicted octanol–water partition coefficient (Wildman–Crippen LogP) is 5.85. The molecule has 1 saturated heterocycles. The molecule has 6 rings (SSSR count). The Hall–Kier alpha value is -2.28. The smallest absolute Gasteiger partial charge is 0.289 e. The number of rotatable bonds is 1. The number of hydrogen-bond acceptors (Lipinski definition) is 4. The number of alkyl halides is 2. The van der Waals surface area contributed by atoms with E-state index in [-0.39, 0.29) is 23.8 Å². The van der Waals surface area contributed by atoms with Gasteiger partial charge in [-0.25, -0.2) is 8.78 Å². The van der Waals surface area contributed by atoms with Crippen molar-refractivity contribution in [3.05, 3.63) is 40.9 Å². The maximum absolute atomic E-state index is 14.2. The summed E-state index contributed by atoms with van der Waals surface area (Å²) in [5, 5.41) is 8.07. The normalized spacial score (nSPS) is 29.8. The van der Waals surface area contributed by atoms with E-state index in [9.17, 15) is 13.6 Å². The Bertz CT molecular complexity index is 1170. The number of carbonyl (C=O) groups excluding carboxylic acids is 1. The van der Waals surface area contributed by atoms with E-state index in [1.807, 2.05) is 0 Å². The van der Waals surface area contributed by atoms with Crippen molar-refractivity contribution in [2.45, 2.75) is 56.9 Å². The Morgan fingerprint density at radius 1 is 1.25 bits per heavy atom. The third-order valence-corrected chi connectivity index (χ3v) is 8.60. The van der Waals surface area contributed by atoms with Gasteiger partial charge in [-0.1, -0.05) is 44.4 Å². The molecule has 1 amide bonds. The fourth-order valence-corrected chi connectivity index (χ4v) is 6.51. The van der Waals surface area contributed by atoms with Crippen LogP contribution in [0, 0.1) is 11.3 Å². The summed E-state index contributed by atoms with van der Waals surface area (Å²) >= 11 is 6.65. The number of carbonyl (C=O) groups is 1. The molecule has 2 N–H and O–H groups in total. The molecule has 170 valence electrons. The SMILES string of the molecule is C=C1Nc2c(Cl)cc3cc(C(=O)N4CC[C@]5(C)[C@H](C4)C5(F)F)oc3c2C2(CCCCC2)N1. The zero-order chi connectivity index (χ0) is 22.5. The molecule has 0 bridgehead atoms. The fourth-order valence-electron chi connectivity index (χ4n) is 6.25. The maximum Gasteiger partial charge on any atom is 0.289 e. The van der Waals surface area contributed by atoms with Crippen molar-refractivity contribution < 1.29 is 18.0 Å². The number of nitrogens with one attached hydrogen (secondary N) is 2. The molecule has 2 aliphatic carbocycles. The summed E-state index contributed by atoms with van der Waals surface area (Å²) in [6, 6.07) is 3.49. The first-order valence-electron chi connectivity index (χ1n) is 11.3. The first-order valence-corrected chi connectivity index (χ1v) is 11.7. The number of nitrogens with zero attached hydrogens (tertiary/aromatic N) is 1. The summed E-state index contributed by atoms with van der Waals surface area (Å²) < 4.78 is 34.5. The number of piperidine rings is 1. The van der Waals surface area contributed by atoms with E-state index in [1.54, 1.807) is 19.1 Å². The van der Waals surface area contributed by atoms with E-state index in [0.717, 1.165) is 42.3 Å². The molecule has 32 heavy (non-hydrogen) atoms. The van der Waals surface area contributed by atoms with Gasteiger partial charge in [0.15, 0.2) is 5.76 Å². The van der Waals surface area contributed by atoms with Crippen LogP contribution in [-0.2, 0) is 5.54 Å². The zero-order valence-corrected chi connectivity index (χ0v) is 18.7. The van der Waals surface area contributed by atoms with Crippen LogP contribution < -0.4 is 10.6 Å². The van der Waals surface area contributed by atoms with Gasteiger partial charge in [0.05, 0.1) is 28.0 Å². The van der Waals surface area contributed by atoms with Crippen LogP contribution >= 0.6 is 11.6 Å². The Balaban J connectivity index is 1.41. The summed E-state index contributed by atoms with van der Waals surface area (Å²) in [4.78, 5) is 14.7. The van der Waals surface area contributed by atoms with Crippen LogP contribution in [0.25, 0.3) is 11.0 Å². The van der Waals surface area contributed by atoms with Gasteiger partial charge in [0.25, 0.3) is 11.8 Å². The van der Waals surface area contributed by atoms with E-state index in [4.69, 9.17) is 16.0 Å². The number of halogens is 3. The standard InChI is InChI=1S/C24H26ClF2N3O2/c1-13-28-19-15(25)10-14-11-16(21(31)30-9-8-22(2)17(12-30)24(22,26)27)32-20(14)18(19)23(29-13)6-4-3-5-7-23/h10-11,17,28-29H,1,3-9,12H2,2H3/t17-,22+/m0/s1.